The summed E-state index contributed by atoms with van der Waals surface area (Å²) in [4.78, 5) is 9.82. The molecule has 1 amide bonds. The lowest BCUT2D eigenvalue weighted by Gasteiger charge is -2.12. The number of halogens is 1. The number of rotatable bonds is 3. The molecule has 54 valence electrons. The maximum Gasteiger partial charge on any atom is 0.134 e. The van der Waals surface area contributed by atoms with Gasteiger partial charge < -0.3 is 15.2 Å². The van der Waals surface area contributed by atoms with E-state index >= 15 is 0 Å². The number of carbonyl (C=O) groups is 1. The molecule has 0 rings (SSSR count). The Morgan fingerprint density at radius 3 is 2.78 bits per heavy atom. The van der Waals surface area contributed by atoms with Crippen LogP contribution in [0.2, 0.25) is 0 Å². The molecule has 0 bridgehead atoms. The average molecular weight is 151 g/mol. The number of alkyl halides is 1. The van der Waals surface area contributed by atoms with Crippen molar-refractivity contribution in [2.24, 2.45) is 0 Å². The second-order valence-corrected chi connectivity index (χ2v) is 2.19. The lowest BCUT2D eigenvalue weighted by atomic mass is 10.3. The Morgan fingerprint density at radius 2 is 2.44 bits per heavy atom. The van der Waals surface area contributed by atoms with Crippen LogP contribution in [0.1, 0.15) is 13.3 Å². The van der Waals surface area contributed by atoms with Crippen LogP contribution < -0.4 is 10.4 Å². The van der Waals surface area contributed by atoms with Gasteiger partial charge in [-0.3, -0.25) is 0 Å². The topological polar surface area (TPSA) is 52.2 Å². The Hall–Kier alpha value is -0.440. The molecule has 1 N–H and O–H groups in total. The highest BCUT2D eigenvalue weighted by molar-refractivity contribution is 6.17. The van der Waals surface area contributed by atoms with E-state index in [0.29, 0.717) is 12.3 Å². The fourth-order valence-electron chi connectivity index (χ4n) is 0.437. The first-order valence-corrected chi connectivity index (χ1v) is 3.23. The molecule has 0 saturated heterocycles. The monoisotopic (exact) mass is 150 g/mol. The van der Waals surface area contributed by atoms with Crippen LogP contribution in [0.3, 0.4) is 0 Å². The van der Waals surface area contributed by atoms with Gasteiger partial charge in [0.25, 0.3) is 0 Å². The van der Waals surface area contributed by atoms with E-state index in [1.165, 1.54) is 0 Å². The molecule has 1 atom stereocenters. The van der Waals surface area contributed by atoms with Crippen LogP contribution in [-0.2, 0) is 0 Å². The van der Waals surface area contributed by atoms with Crippen LogP contribution in [0.4, 0.5) is 4.79 Å². The summed E-state index contributed by atoms with van der Waals surface area (Å²) in [6.07, 6.45) is -0.608. The van der Waals surface area contributed by atoms with Gasteiger partial charge in [-0.25, -0.2) is 0 Å². The van der Waals surface area contributed by atoms with Crippen molar-refractivity contribution < 1.29 is 9.90 Å². The molecule has 0 aromatic rings. The van der Waals surface area contributed by atoms with E-state index in [1.54, 1.807) is 6.92 Å². The van der Waals surface area contributed by atoms with Crippen LogP contribution in [-0.4, -0.2) is 18.0 Å². The fraction of sp³-hybridized carbons (Fsp3) is 0.800. The van der Waals surface area contributed by atoms with Gasteiger partial charge in [-0.05, 0) is 13.3 Å². The Morgan fingerprint density at radius 1 is 1.89 bits per heavy atom. The Labute approximate surface area is 59.0 Å². The first-order chi connectivity index (χ1) is 4.16. The second kappa shape index (κ2) is 4.44. The van der Waals surface area contributed by atoms with E-state index in [9.17, 15) is 9.90 Å². The van der Waals surface area contributed by atoms with Crippen molar-refractivity contribution >= 4 is 17.7 Å². The molecule has 3 nitrogen and oxygen atoms in total. The zero-order valence-corrected chi connectivity index (χ0v) is 5.94. The number of carboxylic acid groups (broad SMARTS) is 1. The van der Waals surface area contributed by atoms with E-state index in [1.807, 2.05) is 0 Å². The summed E-state index contributed by atoms with van der Waals surface area (Å²) in [5.74, 6) is 0.460. The van der Waals surface area contributed by atoms with Gasteiger partial charge in [-0.2, -0.15) is 0 Å². The van der Waals surface area contributed by atoms with Crippen LogP contribution in [0.25, 0.3) is 0 Å². The van der Waals surface area contributed by atoms with Crippen LogP contribution >= 0.6 is 11.6 Å². The van der Waals surface area contributed by atoms with Gasteiger partial charge in [0, 0.05) is 11.9 Å². The lowest BCUT2D eigenvalue weighted by Crippen LogP contribution is -2.42. The van der Waals surface area contributed by atoms with Crippen molar-refractivity contribution in [2.45, 2.75) is 19.4 Å². The highest BCUT2D eigenvalue weighted by Crippen LogP contribution is 1.91. The summed E-state index contributed by atoms with van der Waals surface area (Å²) in [6, 6.07) is -0.104. The van der Waals surface area contributed by atoms with Gasteiger partial charge in [-0.1, -0.05) is 0 Å². The third-order valence-corrected chi connectivity index (χ3v) is 1.12. The SMILES string of the molecule is CC(CCCl)NC(=O)[O-]. The van der Waals surface area contributed by atoms with Crippen molar-refractivity contribution in [1.82, 2.24) is 5.32 Å². The molecule has 9 heavy (non-hydrogen) atoms. The fourth-order valence-corrected chi connectivity index (χ4v) is 0.764. The normalized spacial score (nSPS) is 12.7. The van der Waals surface area contributed by atoms with Gasteiger partial charge >= 0.3 is 0 Å². The van der Waals surface area contributed by atoms with Gasteiger partial charge in [-0.15, -0.1) is 11.6 Å². The Kier molecular flexibility index (Phi) is 4.22. The van der Waals surface area contributed by atoms with Crippen LogP contribution in [0.15, 0.2) is 0 Å². The van der Waals surface area contributed by atoms with Gasteiger partial charge in [0.05, 0.1) is 0 Å². The Bertz CT molecular complexity index is 97.0. The molecular weight excluding hydrogens is 142 g/mol. The molecule has 4 heteroatoms. The second-order valence-electron chi connectivity index (χ2n) is 1.81. The number of hydrogen-bond donors (Lipinski definition) is 1. The predicted molar refractivity (Wildman–Crippen MR) is 33.3 cm³/mol. The third-order valence-electron chi connectivity index (χ3n) is 0.906. The molecule has 1 unspecified atom stereocenters. The van der Waals surface area contributed by atoms with E-state index < -0.39 is 6.09 Å². The summed E-state index contributed by atoms with van der Waals surface area (Å²) in [7, 11) is 0. The van der Waals surface area contributed by atoms with Gasteiger partial charge in [0.2, 0.25) is 0 Å². The molecule has 0 heterocycles. The molecule has 0 aromatic heterocycles. The highest BCUT2D eigenvalue weighted by Gasteiger charge is 1.96. The van der Waals surface area contributed by atoms with Crippen molar-refractivity contribution in [2.75, 3.05) is 5.88 Å². The Balaban J connectivity index is 3.26. The van der Waals surface area contributed by atoms with Crippen molar-refractivity contribution in [3.05, 3.63) is 0 Å². The van der Waals surface area contributed by atoms with Crippen molar-refractivity contribution in [3.63, 3.8) is 0 Å². The van der Waals surface area contributed by atoms with Gasteiger partial charge in [0.1, 0.15) is 6.09 Å². The predicted octanol–water partition coefficient (Wildman–Crippen LogP) is -0.0633. The number of hydrogen-bond acceptors (Lipinski definition) is 2. The third kappa shape index (κ3) is 5.43. The maximum absolute atomic E-state index is 9.82. The summed E-state index contributed by atoms with van der Waals surface area (Å²) >= 11 is 5.33. The number of amides is 1. The van der Waals surface area contributed by atoms with Crippen LogP contribution in [0, 0.1) is 0 Å². The van der Waals surface area contributed by atoms with E-state index in [2.05, 4.69) is 5.32 Å². The molecule has 0 radical (unpaired) electrons. The molecule has 0 aliphatic rings. The van der Waals surface area contributed by atoms with E-state index in [0.717, 1.165) is 0 Å². The molecule has 0 saturated carbocycles. The zero-order chi connectivity index (χ0) is 7.28. The molecule has 0 spiro atoms. The summed E-state index contributed by atoms with van der Waals surface area (Å²) in [5, 5.41) is 12.0. The average Bonchev–Trinajstić information content (AvgIpc) is 1.63. The highest BCUT2D eigenvalue weighted by atomic mass is 35.5. The molecule has 0 aliphatic heterocycles. The standard InChI is InChI=1S/C5H10ClNO2/c1-4(2-3-6)7-5(8)9/h4,7H,2-3H2,1H3,(H,8,9)/p-1. The molecule has 0 fully saturated rings. The first kappa shape index (κ1) is 8.56. The molecule has 0 aliphatic carbocycles. The van der Waals surface area contributed by atoms with Gasteiger partial charge in [0.15, 0.2) is 0 Å². The minimum absolute atomic E-state index is 0.104. The number of nitrogens with one attached hydrogen (secondary N) is 1. The summed E-state index contributed by atoms with van der Waals surface area (Å²) < 4.78 is 0. The zero-order valence-electron chi connectivity index (χ0n) is 5.19. The smallest absolute Gasteiger partial charge is 0.134 e. The van der Waals surface area contributed by atoms with E-state index in [4.69, 9.17) is 11.6 Å². The molecular formula is C5H9ClNO2-. The quantitative estimate of drug-likeness (QED) is 0.573. The van der Waals surface area contributed by atoms with Crippen molar-refractivity contribution in [3.8, 4) is 0 Å². The minimum atomic E-state index is -1.24. The minimum Gasteiger partial charge on any atom is -0.530 e. The maximum atomic E-state index is 9.82. The van der Waals surface area contributed by atoms with E-state index in [-0.39, 0.29) is 6.04 Å². The molecule has 0 aromatic carbocycles. The summed E-state index contributed by atoms with van der Waals surface area (Å²) in [6.45, 7) is 1.73. The first-order valence-electron chi connectivity index (χ1n) is 2.70. The van der Waals surface area contributed by atoms with Crippen LogP contribution in [0.5, 0.6) is 0 Å². The van der Waals surface area contributed by atoms with Crippen molar-refractivity contribution in [1.29, 1.82) is 0 Å². The lowest BCUT2D eigenvalue weighted by molar-refractivity contribution is -0.251. The largest absolute Gasteiger partial charge is 0.530 e. The summed E-state index contributed by atoms with van der Waals surface area (Å²) in [5.41, 5.74) is 0. The number of carbonyl (C=O) groups excluding carboxylic acids is 1.